The van der Waals surface area contributed by atoms with Crippen molar-refractivity contribution in [3.63, 3.8) is 0 Å². The molecule has 6 rings (SSSR count). The van der Waals surface area contributed by atoms with Crippen molar-refractivity contribution in [2.24, 2.45) is 0 Å². The first kappa shape index (κ1) is 36.7. The summed E-state index contributed by atoms with van der Waals surface area (Å²) in [5, 5.41) is 31.0. The summed E-state index contributed by atoms with van der Waals surface area (Å²) < 4.78 is 28.2. The van der Waals surface area contributed by atoms with Crippen molar-refractivity contribution >= 4 is 79.3 Å². The van der Waals surface area contributed by atoms with Gasteiger partial charge in [0.1, 0.15) is 18.1 Å². The van der Waals surface area contributed by atoms with E-state index >= 15 is 0 Å². The number of tetrazole rings is 1. The highest BCUT2D eigenvalue weighted by molar-refractivity contribution is 7.90. The summed E-state index contributed by atoms with van der Waals surface area (Å²) in [6, 6.07) is 21.4. The predicted octanol–water partition coefficient (Wildman–Crippen LogP) is 3.31. The zero-order chi connectivity index (χ0) is 38.4. The summed E-state index contributed by atoms with van der Waals surface area (Å²) in [6.07, 6.45) is 1.12. The van der Waals surface area contributed by atoms with E-state index in [0.717, 1.165) is 0 Å². The number of benzene rings is 4. The van der Waals surface area contributed by atoms with Crippen molar-refractivity contribution in [1.29, 1.82) is 0 Å². The number of carbonyl (C=O) groups excluding carboxylic acids is 4. The van der Waals surface area contributed by atoms with Crippen molar-refractivity contribution in [3.8, 4) is 5.69 Å². The maximum Gasteiger partial charge on any atom is 0.352 e. The average Bonchev–Trinajstić information content (AvgIpc) is 3.83. The van der Waals surface area contributed by atoms with E-state index in [-0.39, 0.29) is 39.1 Å². The van der Waals surface area contributed by atoms with Gasteiger partial charge in [0.15, 0.2) is 0 Å². The molecule has 0 aliphatic heterocycles. The van der Waals surface area contributed by atoms with Crippen LogP contribution >= 0.6 is 11.6 Å². The number of carbonyl (C=O) groups is 5. The fourth-order valence-electron chi connectivity index (χ4n) is 5.14. The number of H-pyrrole nitrogens is 1. The molecule has 7 N–H and O–H groups in total. The Labute approximate surface area is 310 Å². The number of aromatic carboxylic acids is 1. The van der Waals surface area contributed by atoms with E-state index in [1.54, 1.807) is 12.1 Å². The summed E-state index contributed by atoms with van der Waals surface area (Å²) >= 11 is 6.13. The Morgan fingerprint density at radius 1 is 0.833 bits per heavy atom. The minimum absolute atomic E-state index is 0.0548. The first-order valence-electron chi connectivity index (χ1n) is 15.6. The molecule has 6 aromatic rings. The average molecular weight is 771 g/mol. The molecule has 0 radical (unpaired) electrons. The van der Waals surface area contributed by atoms with Gasteiger partial charge < -0.3 is 31.4 Å². The molecule has 0 unspecified atom stereocenters. The molecule has 0 fully saturated rings. The second kappa shape index (κ2) is 15.6. The van der Waals surface area contributed by atoms with Crippen LogP contribution in [0.15, 0.2) is 108 Å². The SMILES string of the molecule is O=C(Nc1ccc(C[C@H](NC(=O)C(=O)Nc2cc(Cl)ccc2-n2cnnn2)C(=O)Nc2ccc3[nH]c(C(=O)O)cc3c2)cc1)NS(=O)(=O)c1ccccc1. The van der Waals surface area contributed by atoms with Gasteiger partial charge in [-0.25, -0.2) is 22.7 Å². The number of hydrogen-bond acceptors (Lipinski definition) is 10. The van der Waals surface area contributed by atoms with Crippen LogP contribution in [-0.4, -0.2) is 74.5 Å². The Bertz CT molecular complexity index is 2490. The van der Waals surface area contributed by atoms with E-state index in [9.17, 15) is 37.5 Å². The van der Waals surface area contributed by atoms with Crippen molar-refractivity contribution < 1.29 is 37.5 Å². The quantitative estimate of drug-likeness (QED) is 0.0940. The standard InChI is InChI=1S/C34H27ClN10O8S/c35-21-8-13-29(45-18-36-43-44-45)26(17-21)40-31(47)32(48)41-27(30(46)37-23-11-12-25-20(15-23)16-28(39-25)33(49)50)14-19-6-9-22(10-7-19)38-34(51)42-54(52,53)24-4-2-1-3-5-24/h1-13,15-18,27,39H,14H2,(H,37,46)(H,40,47)(H,41,48)(H,49,50)(H2,38,42,51)/t27-/m0/s1. The summed E-state index contributed by atoms with van der Waals surface area (Å²) in [5.41, 5.74) is 1.81. The molecule has 0 aliphatic rings. The lowest BCUT2D eigenvalue weighted by molar-refractivity contribution is -0.137. The Balaban J connectivity index is 1.18. The number of aromatic nitrogens is 5. The fourth-order valence-corrected chi connectivity index (χ4v) is 6.24. The molecule has 0 spiro atoms. The van der Waals surface area contributed by atoms with Gasteiger partial charge in [-0.3, -0.25) is 14.4 Å². The monoisotopic (exact) mass is 770 g/mol. The van der Waals surface area contributed by atoms with E-state index < -0.39 is 45.8 Å². The van der Waals surface area contributed by atoms with Crippen LogP contribution in [0.3, 0.4) is 0 Å². The molecule has 274 valence electrons. The van der Waals surface area contributed by atoms with E-state index in [1.807, 2.05) is 4.72 Å². The van der Waals surface area contributed by atoms with Crippen molar-refractivity contribution in [1.82, 2.24) is 35.2 Å². The highest BCUT2D eigenvalue weighted by atomic mass is 35.5. The first-order valence-corrected chi connectivity index (χ1v) is 17.5. The Hall–Kier alpha value is -7.12. The first-order chi connectivity index (χ1) is 25.8. The second-order valence-electron chi connectivity index (χ2n) is 11.4. The largest absolute Gasteiger partial charge is 0.477 e. The van der Waals surface area contributed by atoms with Gasteiger partial charge in [-0.05, 0) is 82.7 Å². The van der Waals surface area contributed by atoms with Crippen LogP contribution in [0, 0.1) is 0 Å². The van der Waals surface area contributed by atoms with Gasteiger partial charge in [-0.15, -0.1) is 5.10 Å². The van der Waals surface area contributed by atoms with Gasteiger partial charge in [0.2, 0.25) is 5.91 Å². The van der Waals surface area contributed by atoms with Gasteiger partial charge in [0.25, 0.3) is 10.0 Å². The molecule has 0 bridgehead atoms. The zero-order valence-electron chi connectivity index (χ0n) is 27.5. The lowest BCUT2D eigenvalue weighted by atomic mass is 10.0. The number of nitrogens with one attached hydrogen (secondary N) is 6. The molecular weight excluding hydrogens is 744 g/mol. The lowest BCUT2D eigenvalue weighted by Crippen LogP contribution is -2.49. The topological polar surface area (TPSA) is 259 Å². The van der Waals surface area contributed by atoms with Crippen LogP contribution in [0.5, 0.6) is 0 Å². The number of halogens is 1. The van der Waals surface area contributed by atoms with Crippen molar-refractivity contribution in [3.05, 3.63) is 120 Å². The van der Waals surface area contributed by atoms with Crippen LogP contribution in [0.25, 0.3) is 16.6 Å². The summed E-state index contributed by atoms with van der Waals surface area (Å²) in [6.45, 7) is 0. The zero-order valence-corrected chi connectivity index (χ0v) is 29.1. The molecule has 4 aromatic carbocycles. The van der Waals surface area contributed by atoms with Crippen LogP contribution in [0.2, 0.25) is 5.02 Å². The number of amides is 5. The molecule has 54 heavy (non-hydrogen) atoms. The smallest absolute Gasteiger partial charge is 0.352 e. The summed E-state index contributed by atoms with van der Waals surface area (Å²) in [5.74, 6) is -4.22. The number of anilines is 3. The van der Waals surface area contributed by atoms with Crippen LogP contribution < -0.4 is 26.0 Å². The van der Waals surface area contributed by atoms with Gasteiger partial charge in [-0.1, -0.05) is 41.9 Å². The Morgan fingerprint density at radius 3 is 2.28 bits per heavy atom. The number of hydrogen-bond donors (Lipinski definition) is 7. The minimum Gasteiger partial charge on any atom is -0.477 e. The number of sulfonamides is 1. The molecule has 5 amide bonds. The fraction of sp³-hybridized carbons (Fsp3) is 0.0588. The molecule has 20 heteroatoms. The van der Waals surface area contributed by atoms with Gasteiger partial charge in [0, 0.05) is 33.7 Å². The molecule has 0 saturated heterocycles. The number of nitrogens with zero attached hydrogens (tertiary/aromatic N) is 4. The normalized spacial score (nSPS) is 11.6. The number of aromatic amines is 1. The van der Waals surface area contributed by atoms with Crippen LogP contribution in [0.1, 0.15) is 16.1 Å². The Morgan fingerprint density at radius 2 is 1.57 bits per heavy atom. The van der Waals surface area contributed by atoms with Crippen LogP contribution in [0.4, 0.5) is 21.9 Å². The molecular formula is C34H27ClN10O8S. The third kappa shape index (κ3) is 8.84. The maximum atomic E-state index is 13.7. The third-order valence-corrected chi connectivity index (χ3v) is 9.26. The Kier molecular flexibility index (Phi) is 10.6. The predicted molar refractivity (Wildman–Crippen MR) is 195 cm³/mol. The summed E-state index contributed by atoms with van der Waals surface area (Å²) in [7, 11) is -4.13. The van der Waals surface area contributed by atoms with Crippen molar-refractivity contribution in [2.45, 2.75) is 17.4 Å². The molecule has 1 atom stereocenters. The molecule has 2 heterocycles. The van der Waals surface area contributed by atoms with E-state index in [4.69, 9.17) is 11.6 Å². The number of fused-ring (bicyclic) bond motifs is 1. The third-order valence-electron chi connectivity index (χ3n) is 7.68. The summed E-state index contributed by atoms with van der Waals surface area (Å²) in [4.78, 5) is 66.6. The highest BCUT2D eigenvalue weighted by Gasteiger charge is 2.26. The van der Waals surface area contributed by atoms with Crippen molar-refractivity contribution in [2.75, 3.05) is 16.0 Å². The van der Waals surface area contributed by atoms with Gasteiger partial charge >= 0.3 is 23.8 Å². The number of carboxylic acid groups (broad SMARTS) is 1. The van der Waals surface area contributed by atoms with E-state index in [2.05, 4.69) is 41.8 Å². The highest BCUT2D eigenvalue weighted by Crippen LogP contribution is 2.24. The van der Waals surface area contributed by atoms with E-state index in [0.29, 0.717) is 22.2 Å². The van der Waals surface area contributed by atoms with Gasteiger partial charge in [-0.2, -0.15) is 4.68 Å². The van der Waals surface area contributed by atoms with Crippen LogP contribution in [-0.2, 0) is 30.8 Å². The number of rotatable bonds is 11. The molecule has 0 saturated carbocycles. The van der Waals surface area contributed by atoms with Gasteiger partial charge in [0.05, 0.1) is 16.3 Å². The van der Waals surface area contributed by atoms with E-state index in [1.165, 1.54) is 95.9 Å². The minimum atomic E-state index is -4.13. The lowest BCUT2D eigenvalue weighted by Gasteiger charge is -2.19. The number of carboxylic acids is 1. The molecule has 18 nitrogen and oxygen atoms in total. The number of urea groups is 1. The maximum absolute atomic E-state index is 13.7. The molecule has 0 aliphatic carbocycles. The second-order valence-corrected chi connectivity index (χ2v) is 13.6. The molecule has 2 aromatic heterocycles.